The lowest BCUT2D eigenvalue weighted by atomic mass is 10.1. The zero-order chi connectivity index (χ0) is 25.6. The number of rotatable bonds is 5. The molecule has 6 aromatic rings. The maximum Gasteiger partial charge on any atom is 0.227 e. The van der Waals surface area contributed by atoms with Crippen LogP contribution in [0.15, 0.2) is 67.1 Å². The predicted molar refractivity (Wildman–Crippen MR) is 148 cm³/mol. The van der Waals surface area contributed by atoms with Gasteiger partial charge in [0.25, 0.3) is 0 Å². The molecule has 0 radical (unpaired) electrons. The van der Waals surface area contributed by atoms with E-state index in [0.29, 0.717) is 11.3 Å². The Kier molecular flexibility index (Phi) is 5.51. The molecule has 5 heterocycles. The lowest BCUT2D eigenvalue weighted by Crippen LogP contribution is -2.20. The third-order valence-corrected chi connectivity index (χ3v) is 8.15. The molecule has 0 bridgehead atoms. The Labute approximate surface area is 221 Å². The van der Waals surface area contributed by atoms with E-state index in [0.717, 1.165) is 86.3 Å². The molecule has 0 atom stereocenters. The van der Waals surface area contributed by atoms with Crippen LogP contribution in [0.5, 0.6) is 0 Å². The number of aromatic amines is 2. The lowest BCUT2D eigenvalue weighted by Gasteiger charge is -2.11. The van der Waals surface area contributed by atoms with Gasteiger partial charge < -0.3 is 10.3 Å². The SMILES string of the molecule is O=C(Nc1cncc(-c2cnc3n[nH]c(-c4cc5c(-c6ccc(F)s6)cccc5[nH]4)c3c2)c1)C1CCCC1. The molecular formula is C29H23FN6OS. The van der Waals surface area contributed by atoms with Gasteiger partial charge >= 0.3 is 0 Å². The molecule has 38 heavy (non-hydrogen) atoms. The molecule has 1 aliphatic rings. The summed E-state index contributed by atoms with van der Waals surface area (Å²) in [6.45, 7) is 0. The van der Waals surface area contributed by atoms with E-state index in [2.05, 4.69) is 36.5 Å². The zero-order valence-corrected chi connectivity index (χ0v) is 21.1. The average molecular weight is 523 g/mol. The lowest BCUT2D eigenvalue weighted by molar-refractivity contribution is -0.119. The average Bonchev–Trinajstić information content (AvgIpc) is 3.74. The monoisotopic (exact) mass is 522 g/mol. The number of carbonyl (C=O) groups excluding carboxylic acids is 1. The molecule has 7 rings (SSSR count). The van der Waals surface area contributed by atoms with E-state index in [1.165, 1.54) is 6.07 Å². The predicted octanol–water partition coefficient (Wildman–Crippen LogP) is 7.16. The van der Waals surface area contributed by atoms with Crippen molar-refractivity contribution in [3.63, 3.8) is 0 Å². The molecule has 1 amide bonds. The number of hydrogen-bond donors (Lipinski definition) is 3. The third kappa shape index (κ3) is 4.05. The maximum absolute atomic E-state index is 13.7. The summed E-state index contributed by atoms with van der Waals surface area (Å²) >= 11 is 1.13. The molecule has 1 aliphatic carbocycles. The minimum atomic E-state index is -0.206. The van der Waals surface area contributed by atoms with Crippen LogP contribution >= 0.6 is 11.3 Å². The first-order valence-corrected chi connectivity index (χ1v) is 13.4. The van der Waals surface area contributed by atoms with Crippen molar-refractivity contribution in [3.8, 4) is 33.0 Å². The fourth-order valence-electron chi connectivity index (χ4n) is 5.33. The van der Waals surface area contributed by atoms with Crippen LogP contribution in [0.1, 0.15) is 25.7 Å². The fourth-order valence-corrected chi connectivity index (χ4v) is 6.10. The van der Waals surface area contributed by atoms with Gasteiger partial charge in [0.1, 0.15) is 0 Å². The van der Waals surface area contributed by atoms with Gasteiger partial charge in [-0.1, -0.05) is 25.0 Å². The van der Waals surface area contributed by atoms with Crippen molar-refractivity contribution in [1.82, 2.24) is 25.1 Å². The number of nitrogens with one attached hydrogen (secondary N) is 3. The number of benzene rings is 1. The van der Waals surface area contributed by atoms with Crippen molar-refractivity contribution >= 4 is 44.9 Å². The highest BCUT2D eigenvalue weighted by Crippen LogP contribution is 2.37. The van der Waals surface area contributed by atoms with E-state index in [1.807, 2.05) is 36.4 Å². The largest absolute Gasteiger partial charge is 0.353 e. The first kappa shape index (κ1) is 22.8. The number of pyridine rings is 2. The second-order valence-corrected chi connectivity index (χ2v) is 10.7. The molecule has 0 saturated heterocycles. The number of anilines is 1. The minimum Gasteiger partial charge on any atom is -0.353 e. The van der Waals surface area contributed by atoms with Gasteiger partial charge in [-0.25, -0.2) is 4.98 Å². The highest BCUT2D eigenvalue weighted by molar-refractivity contribution is 7.14. The summed E-state index contributed by atoms with van der Waals surface area (Å²) < 4.78 is 13.7. The number of thiophene rings is 1. The number of aromatic nitrogens is 5. The van der Waals surface area contributed by atoms with Crippen molar-refractivity contribution in [1.29, 1.82) is 0 Å². The summed E-state index contributed by atoms with van der Waals surface area (Å²) in [7, 11) is 0. The number of nitrogens with zero attached hydrogens (tertiary/aromatic N) is 3. The number of halogens is 1. The van der Waals surface area contributed by atoms with Crippen LogP contribution in [-0.2, 0) is 4.79 Å². The molecule has 0 aliphatic heterocycles. The molecule has 1 saturated carbocycles. The van der Waals surface area contributed by atoms with E-state index >= 15 is 0 Å². The number of H-pyrrole nitrogens is 2. The van der Waals surface area contributed by atoms with Crippen LogP contribution in [0.2, 0.25) is 0 Å². The summed E-state index contributed by atoms with van der Waals surface area (Å²) in [5.41, 5.74) is 6.61. The van der Waals surface area contributed by atoms with Gasteiger partial charge in [0.05, 0.1) is 23.3 Å². The number of amides is 1. The fraction of sp³-hybridized carbons (Fsp3) is 0.172. The Bertz CT molecular complexity index is 1810. The number of hydrogen-bond acceptors (Lipinski definition) is 5. The van der Waals surface area contributed by atoms with Gasteiger partial charge in [-0.2, -0.15) is 9.49 Å². The molecule has 5 aromatic heterocycles. The molecule has 7 nitrogen and oxygen atoms in total. The topological polar surface area (TPSA) is 99.3 Å². The van der Waals surface area contributed by atoms with E-state index in [1.54, 1.807) is 18.6 Å². The molecule has 1 aromatic carbocycles. The first-order valence-electron chi connectivity index (χ1n) is 12.6. The summed E-state index contributed by atoms with van der Waals surface area (Å²) in [6.07, 6.45) is 9.32. The summed E-state index contributed by atoms with van der Waals surface area (Å²) in [5, 5.41) is 12.2. The van der Waals surface area contributed by atoms with Crippen LogP contribution < -0.4 is 5.32 Å². The van der Waals surface area contributed by atoms with Gasteiger partial charge in [-0.05, 0) is 49.2 Å². The quantitative estimate of drug-likeness (QED) is 0.224. The second kappa shape index (κ2) is 9.18. The van der Waals surface area contributed by atoms with Crippen molar-refractivity contribution in [2.45, 2.75) is 25.7 Å². The Morgan fingerprint density at radius 3 is 2.71 bits per heavy atom. The van der Waals surface area contributed by atoms with E-state index in [4.69, 9.17) is 0 Å². The highest BCUT2D eigenvalue weighted by Gasteiger charge is 2.23. The Balaban J connectivity index is 1.24. The van der Waals surface area contributed by atoms with Crippen LogP contribution in [0, 0.1) is 11.0 Å². The van der Waals surface area contributed by atoms with Crippen LogP contribution in [0.4, 0.5) is 10.1 Å². The van der Waals surface area contributed by atoms with Gasteiger partial charge in [0.2, 0.25) is 5.91 Å². The second-order valence-electron chi connectivity index (χ2n) is 9.68. The van der Waals surface area contributed by atoms with Crippen LogP contribution in [0.25, 0.3) is 54.9 Å². The molecule has 1 fully saturated rings. The zero-order valence-electron chi connectivity index (χ0n) is 20.3. The summed E-state index contributed by atoms with van der Waals surface area (Å²) in [5.74, 6) is 0.149. The standard InChI is InChI=1S/C29H23FN6OS/c30-26-9-8-25(38-26)20-6-3-7-23-21(20)12-24(34-23)27-22-11-18(14-32-28(22)36-35-27)17-10-19(15-31-13-17)33-29(37)16-4-1-2-5-16/h3,6-16,34H,1-2,4-5H2,(H,33,37)(H,32,35,36). The van der Waals surface area contributed by atoms with Crippen LogP contribution in [-0.4, -0.2) is 31.1 Å². The Hall–Kier alpha value is -4.37. The molecular weight excluding hydrogens is 499 g/mol. The number of carbonyl (C=O) groups is 1. The van der Waals surface area contributed by atoms with Crippen LogP contribution in [0.3, 0.4) is 0 Å². The molecule has 0 unspecified atom stereocenters. The molecule has 188 valence electrons. The highest BCUT2D eigenvalue weighted by atomic mass is 32.1. The normalized spacial score (nSPS) is 14.0. The first-order chi connectivity index (χ1) is 18.6. The number of fused-ring (bicyclic) bond motifs is 2. The molecule has 0 spiro atoms. The molecule has 3 N–H and O–H groups in total. The van der Waals surface area contributed by atoms with Gasteiger partial charge in [0.15, 0.2) is 10.8 Å². The van der Waals surface area contributed by atoms with Crippen molar-refractivity contribution in [2.75, 3.05) is 5.32 Å². The smallest absolute Gasteiger partial charge is 0.227 e. The Morgan fingerprint density at radius 2 is 1.87 bits per heavy atom. The van der Waals surface area contributed by atoms with E-state index in [-0.39, 0.29) is 17.0 Å². The third-order valence-electron chi connectivity index (χ3n) is 7.25. The summed E-state index contributed by atoms with van der Waals surface area (Å²) in [4.78, 5) is 25.9. The van der Waals surface area contributed by atoms with Gasteiger partial charge in [-0.15, -0.1) is 11.3 Å². The van der Waals surface area contributed by atoms with E-state index < -0.39 is 0 Å². The maximum atomic E-state index is 13.7. The van der Waals surface area contributed by atoms with Gasteiger partial charge in [0, 0.05) is 56.2 Å². The Morgan fingerprint density at radius 1 is 1.00 bits per heavy atom. The van der Waals surface area contributed by atoms with Crippen molar-refractivity contribution < 1.29 is 9.18 Å². The van der Waals surface area contributed by atoms with Gasteiger partial charge in [-0.3, -0.25) is 14.9 Å². The molecule has 9 heteroatoms. The minimum absolute atomic E-state index is 0.0654. The summed E-state index contributed by atoms with van der Waals surface area (Å²) in [6, 6.07) is 15.3. The van der Waals surface area contributed by atoms with Crippen molar-refractivity contribution in [3.05, 3.63) is 72.3 Å². The van der Waals surface area contributed by atoms with Crippen molar-refractivity contribution in [2.24, 2.45) is 5.92 Å². The van der Waals surface area contributed by atoms with E-state index in [9.17, 15) is 9.18 Å².